The Morgan fingerprint density at radius 2 is 1.63 bits per heavy atom. The molecule has 4 heteroatoms. The van der Waals surface area contributed by atoms with Crippen LogP contribution in [0.1, 0.15) is 22.9 Å². The van der Waals surface area contributed by atoms with Crippen molar-refractivity contribution in [3.8, 4) is 5.75 Å². The van der Waals surface area contributed by atoms with Crippen molar-refractivity contribution in [1.29, 1.82) is 0 Å². The molecule has 2 rings (SSSR count). The third-order valence-corrected chi connectivity index (χ3v) is 3.72. The van der Waals surface area contributed by atoms with E-state index in [9.17, 15) is 8.78 Å². The maximum Gasteiger partial charge on any atom is 0.130 e. The molecule has 0 aliphatic rings. The summed E-state index contributed by atoms with van der Waals surface area (Å²) in [6.07, 6.45) is 0. The normalized spacial score (nSPS) is 12.2. The Kier molecular flexibility index (Phi) is 4.53. The molecule has 0 N–H and O–H groups in total. The number of benzene rings is 2. The topological polar surface area (TPSA) is 9.23 Å². The molecular formula is C15H13BrF2O. The minimum Gasteiger partial charge on any atom is -0.494 e. The fourth-order valence-electron chi connectivity index (χ4n) is 1.82. The lowest BCUT2D eigenvalue weighted by molar-refractivity contribution is 0.340. The van der Waals surface area contributed by atoms with Crippen molar-refractivity contribution >= 4 is 15.9 Å². The van der Waals surface area contributed by atoms with Crippen molar-refractivity contribution in [2.45, 2.75) is 11.8 Å². The van der Waals surface area contributed by atoms with Crippen LogP contribution in [-0.4, -0.2) is 6.61 Å². The Morgan fingerprint density at radius 1 is 1.05 bits per heavy atom. The van der Waals surface area contributed by atoms with E-state index >= 15 is 0 Å². The summed E-state index contributed by atoms with van der Waals surface area (Å²) < 4.78 is 32.7. The highest BCUT2D eigenvalue weighted by atomic mass is 79.9. The zero-order valence-electron chi connectivity index (χ0n) is 10.4. The first-order chi connectivity index (χ1) is 9.13. The van der Waals surface area contributed by atoms with E-state index < -0.39 is 16.5 Å². The molecule has 0 heterocycles. The molecule has 0 saturated heterocycles. The highest BCUT2D eigenvalue weighted by Crippen LogP contribution is 2.34. The average Bonchev–Trinajstić information content (AvgIpc) is 2.39. The van der Waals surface area contributed by atoms with E-state index in [1.54, 1.807) is 24.3 Å². The van der Waals surface area contributed by atoms with Crippen LogP contribution in [0.25, 0.3) is 0 Å². The minimum atomic E-state index is -0.559. The molecule has 0 fully saturated rings. The second-order valence-electron chi connectivity index (χ2n) is 4.00. The van der Waals surface area contributed by atoms with E-state index in [0.717, 1.165) is 11.3 Å². The third-order valence-electron chi connectivity index (χ3n) is 2.74. The highest BCUT2D eigenvalue weighted by Gasteiger charge is 2.19. The first-order valence-corrected chi connectivity index (χ1v) is 6.85. The van der Waals surface area contributed by atoms with Gasteiger partial charge in [0.1, 0.15) is 17.4 Å². The quantitative estimate of drug-likeness (QED) is 0.730. The Morgan fingerprint density at radius 3 is 2.16 bits per heavy atom. The monoisotopic (exact) mass is 326 g/mol. The van der Waals surface area contributed by atoms with Crippen LogP contribution in [-0.2, 0) is 0 Å². The van der Waals surface area contributed by atoms with Crippen LogP contribution in [0.15, 0.2) is 42.5 Å². The van der Waals surface area contributed by atoms with Gasteiger partial charge in [0.15, 0.2) is 0 Å². The Labute approximate surface area is 119 Å². The van der Waals surface area contributed by atoms with Crippen molar-refractivity contribution < 1.29 is 13.5 Å². The lowest BCUT2D eigenvalue weighted by atomic mass is 10.0. The van der Waals surface area contributed by atoms with Crippen molar-refractivity contribution in [1.82, 2.24) is 0 Å². The summed E-state index contributed by atoms with van der Waals surface area (Å²) in [6.45, 7) is 2.48. The molecule has 0 radical (unpaired) electrons. The fourth-order valence-corrected chi connectivity index (χ4v) is 2.56. The standard InChI is InChI=1S/C15H13BrF2O/c1-2-19-11-8-6-10(7-9-11)15(16)14-12(17)4-3-5-13(14)18/h3-9,15H,2H2,1H3. The maximum absolute atomic E-state index is 13.7. The van der Waals surface area contributed by atoms with Gasteiger partial charge in [0, 0.05) is 5.56 Å². The minimum absolute atomic E-state index is 0.0201. The van der Waals surface area contributed by atoms with Crippen LogP contribution in [0.2, 0.25) is 0 Å². The summed E-state index contributed by atoms with van der Waals surface area (Å²) in [5.41, 5.74) is 0.791. The Hall–Kier alpha value is -1.42. The van der Waals surface area contributed by atoms with Gasteiger partial charge in [0.2, 0.25) is 0 Å². The van der Waals surface area contributed by atoms with Gasteiger partial charge >= 0.3 is 0 Å². The van der Waals surface area contributed by atoms with E-state index in [0.29, 0.717) is 6.61 Å². The molecule has 0 aromatic heterocycles. The van der Waals surface area contributed by atoms with Crippen molar-refractivity contribution in [2.75, 3.05) is 6.61 Å². The van der Waals surface area contributed by atoms with Gasteiger partial charge in [0.05, 0.1) is 11.4 Å². The third kappa shape index (κ3) is 3.13. The van der Waals surface area contributed by atoms with E-state index in [4.69, 9.17) is 4.74 Å². The smallest absolute Gasteiger partial charge is 0.130 e. The fraction of sp³-hybridized carbons (Fsp3) is 0.200. The van der Waals surface area contributed by atoms with Gasteiger partial charge in [-0.25, -0.2) is 8.78 Å². The van der Waals surface area contributed by atoms with Gasteiger partial charge < -0.3 is 4.74 Å². The summed E-state index contributed by atoms with van der Waals surface area (Å²) >= 11 is 3.34. The molecule has 19 heavy (non-hydrogen) atoms. The number of hydrogen-bond acceptors (Lipinski definition) is 1. The summed E-state index contributed by atoms with van der Waals surface area (Å²) in [6, 6.07) is 11.0. The largest absolute Gasteiger partial charge is 0.494 e. The Balaban J connectivity index is 2.31. The molecule has 2 aromatic carbocycles. The predicted molar refractivity (Wildman–Crippen MR) is 74.7 cm³/mol. The second kappa shape index (κ2) is 6.15. The number of hydrogen-bond donors (Lipinski definition) is 0. The van der Waals surface area contributed by atoms with Crippen LogP contribution in [0.5, 0.6) is 5.75 Å². The molecule has 0 amide bonds. The molecule has 100 valence electrons. The average molecular weight is 327 g/mol. The van der Waals surface area contributed by atoms with E-state index in [-0.39, 0.29) is 5.56 Å². The number of rotatable bonds is 4. The van der Waals surface area contributed by atoms with Gasteiger partial charge in [-0.1, -0.05) is 34.1 Å². The lowest BCUT2D eigenvalue weighted by Gasteiger charge is -2.13. The molecule has 1 unspecified atom stereocenters. The van der Waals surface area contributed by atoms with Gasteiger partial charge in [0.25, 0.3) is 0 Å². The van der Waals surface area contributed by atoms with E-state index in [2.05, 4.69) is 15.9 Å². The number of alkyl halides is 1. The van der Waals surface area contributed by atoms with Crippen LogP contribution >= 0.6 is 15.9 Å². The van der Waals surface area contributed by atoms with Crippen molar-refractivity contribution in [3.05, 3.63) is 65.2 Å². The number of ether oxygens (including phenoxy) is 1. The highest BCUT2D eigenvalue weighted by molar-refractivity contribution is 9.09. The van der Waals surface area contributed by atoms with Crippen molar-refractivity contribution in [2.24, 2.45) is 0 Å². The molecule has 0 bridgehead atoms. The molecule has 0 aliphatic heterocycles. The van der Waals surface area contributed by atoms with E-state index in [1.165, 1.54) is 18.2 Å². The van der Waals surface area contributed by atoms with Crippen LogP contribution in [0.4, 0.5) is 8.78 Å². The first kappa shape index (κ1) is 14.0. The summed E-state index contributed by atoms with van der Waals surface area (Å²) in [5.74, 6) is -0.383. The summed E-state index contributed by atoms with van der Waals surface area (Å²) in [4.78, 5) is -0.524. The van der Waals surface area contributed by atoms with Gasteiger partial charge in [-0.2, -0.15) is 0 Å². The summed E-state index contributed by atoms with van der Waals surface area (Å²) in [7, 11) is 0. The molecule has 0 saturated carbocycles. The number of halogens is 3. The van der Waals surface area contributed by atoms with Crippen LogP contribution in [0.3, 0.4) is 0 Å². The summed E-state index contributed by atoms with van der Waals surface area (Å²) in [5, 5.41) is 0. The van der Waals surface area contributed by atoms with E-state index in [1.807, 2.05) is 6.92 Å². The first-order valence-electron chi connectivity index (χ1n) is 5.94. The van der Waals surface area contributed by atoms with Gasteiger partial charge in [-0.3, -0.25) is 0 Å². The van der Waals surface area contributed by atoms with Gasteiger partial charge in [-0.15, -0.1) is 0 Å². The predicted octanol–water partition coefficient (Wildman–Crippen LogP) is 4.85. The van der Waals surface area contributed by atoms with Gasteiger partial charge in [-0.05, 0) is 36.8 Å². The zero-order valence-corrected chi connectivity index (χ0v) is 12.0. The molecule has 1 nitrogen and oxygen atoms in total. The Bertz CT molecular complexity index is 534. The molecular weight excluding hydrogens is 314 g/mol. The van der Waals surface area contributed by atoms with Crippen molar-refractivity contribution in [3.63, 3.8) is 0 Å². The van der Waals surface area contributed by atoms with Crippen LogP contribution in [0, 0.1) is 11.6 Å². The zero-order chi connectivity index (χ0) is 13.8. The lowest BCUT2D eigenvalue weighted by Crippen LogP contribution is -2.00. The SMILES string of the molecule is CCOc1ccc(C(Br)c2c(F)cccc2F)cc1. The second-order valence-corrected chi connectivity index (χ2v) is 4.92. The molecule has 2 aromatic rings. The maximum atomic E-state index is 13.7. The van der Waals surface area contributed by atoms with Crippen LogP contribution < -0.4 is 4.74 Å². The molecule has 0 spiro atoms. The molecule has 0 aliphatic carbocycles. The molecule has 1 atom stereocenters.